The minimum absolute atomic E-state index is 0.231. The summed E-state index contributed by atoms with van der Waals surface area (Å²) in [5, 5.41) is 4.76. The van der Waals surface area contributed by atoms with Crippen LogP contribution in [0.1, 0.15) is 25.0 Å². The molecule has 3 aromatic heterocycles. The van der Waals surface area contributed by atoms with E-state index in [1.807, 2.05) is 18.2 Å². The first-order valence-corrected chi connectivity index (χ1v) is 18.1. The van der Waals surface area contributed by atoms with Gasteiger partial charge in [-0.25, -0.2) is 4.98 Å². The van der Waals surface area contributed by atoms with Crippen molar-refractivity contribution in [2.45, 2.75) is 19.3 Å². The van der Waals surface area contributed by atoms with E-state index in [-0.39, 0.29) is 5.41 Å². The Balaban J connectivity index is 1.22. The van der Waals surface area contributed by atoms with Crippen LogP contribution in [0.4, 0.5) is 0 Å². The van der Waals surface area contributed by atoms with Crippen molar-refractivity contribution in [3.63, 3.8) is 0 Å². The molecular formula is C48H33N5. The van der Waals surface area contributed by atoms with Gasteiger partial charge in [0.05, 0.1) is 22.1 Å². The molecule has 0 N–H and O–H groups in total. The topological polar surface area (TPSA) is 48.5 Å². The maximum atomic E-state index is 5.39. The number of rotatable bonds is 4. The summed E-state index contributed by atoms with van der Waals surface area (Å²) in [5.41, 5.74) is 12.4. The molecule has 1 aliphatic carbocycles. The summed E-state index contributed by atoms with van der Waals surface area (Å²) in [6, 6.07) is 58.0. The molecule has 0 amide bonds. The second-order valence-electron chi connectivity index (χ2n) is 14.5. The fraction of sp³-hybridized carbons (Fsp3) is 0.0625. The normalized spacial score (nSPS) is 13.2. The van der Waals surface area contributed by atoms with Crippen LogP contribution in [0.5, 0.6) is 0 Å². The monoisotopic (exact) mass is 679 g/mol. The molecule has 0 saturated carbocycles. The van der Waals surface area contributed by atoms with Gasteiger partial charge in [-0.3, -0.25) is 4.57 Å². The molecule has 11 rings (SSSR count). The third-order valence-electron chi connectivity index (χ3n) is 11.2. The van der Waals surface area contributed by atoms with Crippen LogP contribution in [-0.4, -0.2) is 24.1 Å². The standard InChI is InChI=1S/C48H33N5/c1-48(2)39-22-12-9-19-33(39)37-27-28-38-35-21-11-14-24-41(35)53(44(38)43(37)48)47-50-45(30-15-5-3-6-16-30)49-46(51-47)31-25-26-36-34-20-10-13-23-40(34)52(42(36)29-31)32-17-7-4-8-18-32/h3-29H,1-2H3. The molecule has 10 aromatic rings. The van der Waals surface area contributed by atoms with E-state index < -0.39 is 0 Å². The van der Waals surface area contributed by atoms with E-state index in [9.17, 15) is 0 Å². The van der Waals surface area contributed by atoms with Crippen LogP contribution in [0.2, 0.25) is 0 Å². The Bertz CT molecular complexity index is 3080. The molecule has 7 aromatic carbocycles. The summed E-state index contributed by atoms with van der Waals surface area (Å²) in [7, 11) is 0. The summed E-state index contributed by atoms with van der Waals surface area (Å²) in [6.45, 7) is 4.68. The van der Waals surface area contributed by atoms with Crippen molar-refractivity contribution in [2.24, 2.45) is 0 Å². The first kappa shape index (κ1) is 29.8. The SMILES string of the molecule is CC1(C)c2ccccc2-c2ccc3c4ccccc4n(-c4nc(-c5ccccc5)nc(-c5ccc6c7ccccc7n(-c7ccccc7)c6c5)n4)c3c21. The molecule has 0 aliphatic heterocycles. The lowest BCUT2D eigenvalue weighted by atomic mass is 9.81. The van der Waals surface area contributed by atoms with Gasteiger partial charge in [0.15, 0.2) is 11.6 Å². The fourth-order valence-corrected chi connectivity index (χ4v) is 8.80. The Hall–Kier alpha value is -6.85. The first-order valence-electron chi connectivity index (χ1n) is 18.1. The third-order valence-corrected chi connectivity index (χ3v) is 11.2. The summed E-state index contributed by atoms with van der Waals surface area (Å²) < 4.78 is 4.62. The van der Waals surface area contributed by atoms with Gasteiger partial charge in [-0.1, -0.05) is 147 Å². The van der Waals surface area contributed by atoms with Crippen LogP contribution in [0.25, 0.3) is 89.2 Å². The van der Waals surface area contributed by atoms with Crippen molar-refractivity contribution in [2.75, 3.05) is 0 Å². The molecule has 5 nitrogen and oxygen atoms in total. The molecule has 1 aliphatic rings. The predicted molar refractivity (Wildman–Crippen MR) is 217 cm³/mol. The number of hydrogen-bond donors (Lipinski definition) is 0. The molecule has 0 fully saturated rings. The van der Waals surface area contributed by atoms with Crippen LogP contribution in [0, 0.1) is 0 Å². The van der Waals surface area contributed by atoms with Crippen LogP contribution < -0.4 is 0 Å². The molecule has 0 radical (unpaired) electrons. The van der Waals surface area contributed by atoms with Gasteiger partial charge >= 0.3 is 0 Å². The highest BCUT2D eigenvalue weighted by atomic mass is 15.2. The highest BCUT2D eigenvalue weighted by Crippen LogP contribution is 2.52. The quantitative estimate of drug-likeness (QED) is 0.186. The predicted octanol–water partition coefficient (Wildman–Crippen LogP) is 11.7. The third kappa shape index (κ3) is 4.28. The van der Waals surface area contributed by atoms with Crippen LogP contribution in [0.15, 0.2) is 164 Å². The average molecular weight is 680 g/mol. The van der Waals surface area contributed by atoms with Crippen molar-refractivity contribution in [3.8, 4) is 45.5 Å². The first-order chi connectivity index (χ1) is 26.1. The van der Waals surface area contributed by atoms with Crippen LogP contribution in [0.3, 0.4) is 0 Å². The number of para-hydroxylation sites is 3. The van der Waals surface area contributed by atoms with Crippen molar-refractivity contribution < 1.29 is 0 Å². The second kappa shape index (κ2) is 11.1. The lowest BCUT2D eigenvalue weighted by Gasteiger charge is -2.23. The highest BCUT2D eigenvalue weighted by Gasteiger charge is 2.38. The molecule has 3 heterocycles. The minimum Gasteiger partial charge on any atom is -0.309 e. The smallest absolute Gasteiger partial charge is 0.238 e. The average Bonchev–Trinajstić information content (AvgIpc) is 3.81. The Kier molecular flexibility index (Phi) is 6.23. The molecule has 0 saturated heterocycles. The molecule has 0 bridgehead atoms. The van der Waals surface area contributed by atoms with Crippen molar-refractivity contribution in [1.29, 1.82) is 0 Å². The van der Waals surface area contributed by atoms with Crippen molar-refractivity contribution in [1.82, 2.24) is 24.1 Å². The Labute approximate surface area is 306 Å². The number of hydrogen-bond acceptors (Lipinski definition) is 3. The van der Waals surface area contributed by atoms with Crippen LogP contribution >= 0.6 is 0 Å². The van der Waals surface area contributed by atoms with Gasteiger partial charge in [0.25, 0.3) is 0 Å². The lowest BCUT2D eigenvalue weighted by molar-refractivity contribution is 0.663. The van der Waals surface area contributed by atoms with E-state index in [2.05, 4.69) is 169 Å². The number of aromatic nitrogens is 5. The van der Waals surface area contributed by atoms with E-state index in [1.165, 1.54) is 43.8 Å². The second-order valence-corrected chi connectivity index (χ2v) is 14.5. The number of benzene rings is 7. The Morgan fingerprint density at radius 3 is 1.79 bits per heavy atom. The maximum absolute atomic E-state index is 5.39. The Morgan fingerprint density at radius 1 is 0.434 bits per heavy atom. The van der Waals surface area contributed by atoms with Crippen molar-refractivity contribution >= 4 is 43.6 Å². The molecule has 250 valence electrons. The molecule has 53 heavy (non-hydrogen) atoms. The summed E-state index contributed by atoms with van der Waals surface area (Å²) in [5.74, 6) is 1.86. The summed E-state index contributed by atoms with van der Waals surface area (Å²) in [4.78, 5) is 15.9. The zero-order valence-electron chi connectivity index (χ0n) is 29.3. The van der Waals surface area contributed by atoms with Crippen LogP contribution in [-0.2, 0) is 5.41 Å². The molecule has 0 atom stereocenters. The molecular weight excluding hydrogens is 647 g/mol. The van der Waals surface area contributed by atoms with E-state index in [1.54, 1.807) is 0 Å². The highest BCUT2D eigenvalue weighted by molar-refractivity contribution is 6.13. The van der Waals surface area contributed by atoms with Gasteiger partial charge in [0, 0.05) is 43.8 Å². The zero-order chi connectivity index (χ0) is 35.3. The van der Waals surface area contributed by atoms with Gasteiger partial charge in [-0.05, 0) is 52.6 Å². The van der Waals surface area contributed by atoms with Gasteiger partial charge in [-0.15, -0.1) is 0 Å². The number of fused-ring (bicyclic) bond motifs is 10. The fourth-order valence-electron chi connectivity index (χ4n) is 8.80. The summed E-state index contributed by atoms with van der Waals surface area (Å²) in [6.07, 6.45) is 0. The van der Waals surface area contributed by atoms with E-state index in [0.717, 1.165) is 38.9 Å². The maximum Gasteiger partial charge on any atom is 0.238 e. The largest absolute Gasteiger partial charge is 0.309 e. The van der Waals surface area contributed by atoms with Gasteiger partial charge in [-0.2, -0.15) is 9.97 Å². The molecule has 0 spiro atoms. The van der Waals surface area contributed by atoms with Crippen molar-refractivity contribution in [3.05, 3.63) is 175 Å². The van der Waals surface area contributed by atoms with E-state index in [4.69, 9.17) is 15.0 Å². The van der Waals surface area contributed by atoms with Gasteiger partial charge < -0.3 is 4.57 Å². The van der Waals surface area contributed by atoms with E-state index >= 15 is 0 Å². The lowest BCUT2D eigenvalue weighted by Crippen LogP contribution is -2.17. The van der Waals surface area contributed by atoms with Gasteiger partial charge in [0.1, 0.15) is 0 Å². The summed E-state index contributed by atoms with van der Waals surface area (Å²) >= 11 is 0. The number of nitrogens with zero attached hydrogens (tertiary/aromatic N) is 5. The molecule has 5 heteroatoms. The van der Waals surface area contributed by atoms with E-state index in [0.29, 0.717) is 17.6 Å². The molecule has 0 unspecified atom stereocenters. The zero-order valence-corrected chi connectivity index (χ0v) is 29.3. The minimum atomic E-state index is -0.231. The van der Waals surface area contributed by atoms with Gasteiger partial charge in [0.2, 0.25) is 5.95 Å². The Morgan fingerprint density at radius 2 is 1.02 bits per heavy atom.